The summed E-state index contributed by atoms with van der Waals surface area (Å²) in [4.78, 5) is 7.14. The normalized spacial score (nSPS) is 12.9. The first kappa shape index (κ1) is 14.1. The van der Waals surface area contributed by atoms with Crippen molar-refractivity contribution in [2.45, 2.75) is 38.9 Å². The van der Waals surface area contributed by atoms with Gasteiger partial charge in [0.25, 0.3) is 0 Å². The van der Waals surface area contributed by atoms with Crippen LogP contribution in [0.4, 0.5) is 0 Å². The van der Waals surface area contributed by atoms with Crippen LogP contribution in [0.1, 0.15) is 27.7 Å². The van der Waals surface area contributed by atoms with Crippen LogP contribution in [0.3, 0.4) is 0 Å². The lowest BCUT2D eigenvalue weighted by atomic mass is 9.76. The third-order valence-corrected chi connectivity index (χ3v) is 3.63. The van der Waals surface area contributed by atoms with E-state index in [1.165, 1.54) is 0 Å². The van der Waals surface area contributed by atoms with Crippen LogP contribution in [-0.4, -0.2) is 38.4 Å². The van der Waals surface area contributed by atoms with E-state index in [2.05, 4.69) is 9.97 Å². The molecule has 0 amide bonds. The van der Waals surface area contributed by atoms with Gasteiger partial charge in [-0.05, 0) is 33.8 Å². The number of nitrogens with one attached hydrogen (secondary N) is 1. The molecule has 2 heterocycles. The Labute approximate surface area is 112 Å². The van der Waals surface area contributed by atoms with E-state index >= 15 is 0 Å². The third-order valence-electron chi connectivity index (χ3n) is 3.63. The zero-order valence-corrected chi connectivity index (χ0v) is 11.6. The highest BCUT2D eigenvalue weighted by Crippen LogP contribution is 2.25. The molecular formula is C13H19BN2O3. The molecule has 19 heavy (non-hydrogen) atoms. The second-order valence-electron chi connectivity index (χ2n) is 5.68. The summed E-state index contributed by atoms with van der Waals surface area (Å²) in [6, 6.07) is 3.66. The molecule has 0 aliphatic rings. The smallest absolute Gasteiger partial charge is 0.423 e. The zero-order chi connectivity index (χ0) is 14.3. The summed E-state index contributed by atoms with van der Waals surface area (Å²) < 4.78 is 5.61. The van der Waals surface area contributed by atoms with Crippen LogP contribution >= 0.6 is 0 Å². The standard InChI is InChI=1S/C13H19BN2O3/c1-12(2,17)13(3,4)19-14(18)10-8-16-11-9(10)6-5-7-15-11/h5-8,17-18H,1-4H3,(H,15,16). The predicted molar refractivity (Wildman–Crippen MR) is 75.2 cm³/mol. The van der Waals surface area contributed by atoms with Crippen molar-refractivity contribution in [2.24, 2.45) is 0 Å². The first-order chi connectivity index (χ1) is 8.72. The molecule has 0 saturated heterocycles. The summed E-state index contributed by atoms with van der Waals surface area (Å²) in [5.41, 5.74) is -0.655. The molecule has 2 rings (SSSR count). The highest BCUT2D eigenvalue weighted by atomic mass is 16.5. The number of hydrogen-bond acceptors (Lipinski definition) is 4. The Hall–Kier alpha value is -1.37. The monoisotopic (exact) mass is 262 g/mol. The number of hydrogen-bond donors (Lipinski definition) is 3. The highest BCUT2D eigenvalue weighted by Gasteiger charge is 2.40. The molecule has 5 nitrogen and oxygen atoms in total. The van der Waals surface area contributed by atoms with Crippen LogP contribution in [0.25, 0.3) is 11.0 Å². The number of fused-ring (bicyclic) bond motifs is 1. The zero-order valence-electron chi connectivity index (χ0n) is 11.6. The summed E-state index contributed by atoms with van der Waals surface area (Å²) in [6.45, 7) is 6.78. The lowest BCUT2D eigenvalue weighted by Crippen LogP contribution is -2.53. The molecule has 0 aromatic carbocycles. The van der Waals surface area contributed by atoms with Gasteiger partial charge in [0.15, 0.2) is 0 Å². The van der Waals surface area contributed by atoms with E-state index in [-0.39, 0.29) is 0 Å². The average molecular weight is 262 g/mol. The summed E-state index contributed by atoms with van der Waals surface area (Å²) in [5, 5.41) is 21.1. The van der Waals surface area contributed by atoms with E-state index in [9.17, 15) is 10.1 Å². The molecule has 0 unspecified atom stereocenters. The molecule has 102 valence electrons. The van der Waals surface area contributed by atoms with Gasteiger partial charge in [0.1, 0.15) is 5.65 Å². The maximum absolute atomic E-state index is 10.2. The van der Waals surface area contributed by atoms with Gasteiger partial charge in [0.05, 0.1) is 11.2 Å². The molecule has 0 spiro atoms. The predicted octanol–water partition coefficient (Wildman–Crippen LogP) is 0.816. The van der Waals surface area contributed by atoms with Gasteiger partial charge in [0.2, 0.25) is 0 Å². The van der Waals surface area contributed by atoms with E-state index in [1.807, 2.05) is 6.07 Å². The molecule has 6 heteroatoms. The molecular weight excluding hydrogens is 243 g/mol. The first-order valence-electron chi connectivity index (χ1n) is 6.22. The number of rotatable bonds is 4. The Morgan fingerprint density at radius 1 is 1.32 bits per heavy atom. The third kappa shape index (κ3) is 2.65. The van der Waals surface area contributed by atoms with Crippen LogP contribution in [0.5, 0.6) is 0 Å². The minimum atomic E-state index is -1.13. The molecule has 3 N–H and O–H groups in total. The fourth-order valence-electron chi connectivity index (χ4n) is 1.67. The summed E-state index contributed by atoms with van der Waals surface area (Å²) >= 11 is 0. The Morgan fingerprint density at radius 3 is 2.63 bits per heavy atom. The van der Waals surface area contributed by atoms with Crippen molar-refractivity contribution in [1.82, 2.24) is 9.97 Å². The largest absolute Gasteiger partial charge is 0.493 e. The van der Waals surface area contributed by atoms with Crippen molar-refractivity contribution in [3.05, 3.63) is 24.5 Å². The lowest BCUT2D eigenvalue weighted by Gasteiger charge is -2.38. The van der Waals surface area contributed by atoms with Gasteiger partial charge < -0.3 is 19.8 Å². The van der Waals surface area contributed by atoms with Crippen LogP contribution in [0.15, 0.2) is 24.5 Å². The van der Waals surface area contributed by atoms with Crippen molar-refractivity contribution in [3.8, 4) is 0 Å². The van der Waals surface area contributed by atoms with Gasteiger partial charge in [-0.2, -0.15) is 0 Å². The maximum atomic E-state index is 10.2. The van der Waals surface area contributed by atoms with Gasteiger partial charge in [-0.25, -0.2) is 4.98 Å². The number of aliphatic hydroxyl groups is 1. The molecule has 2 aromatic heterocycles. The van der Waals surface area contributed by atoms with E-state index in [0.717, 1.165) is 5.39 Å². The molecule has 0 aliphatic carbocycles. The number of pyridine rings is 1. The molecule has 0 aliphatic heterocycles. The quantitative estimate of drug-likeness (QED) is 0.713. The Morgan fingerprint density at radius 2 is 2.00 bits per heavy atom. The van der Waals surface area contributed by atoms with Crippen molar-refractivity contribution in [1.29, 1.82) is 0 Å². The minimum Gasteiger partial charge on any atom is -0.423 e. The van der Waals surface area contributed by atoms with Gasteiger partial charge >= 0.3 is 7.12 Å². The van der Waals surface area contributed by atoms with Gasteiger partial charge in [-0.15, -0.1) is 0 Å². The second-order valence-corrected chi connectivity index (χ2v) is 5.68. The number of aromatic nitrogens is 2. The minimum absolute atomic E-state index is 0.612. The van der Waals surface area contributed by atoms with Gasteiger partial charge in [-0.3, -0.25) is 0 Å². The Bertz CT molecular complexity index is 575. The van der Waals surface area contributed by atoms with Gasteiger partial charge in [0, 0.05) is 23.2 Å². The van der Waals surface area contributed by atoms with E-state index in [1.54, 1.807) is 46.2 Å². The molecule has 0 bridgehead atoms. The van der Waals surface area contributed by atoms with Crippen molar-refractivity contribution in [2.75, 3.05) is 0 Å². The lowest BCUT2D eigenvalue weighted by molar-refractivity contribution is -0.0982. The Balaban J connectivity index is 2.28. The van der Waals surface area contributed by atoms with Gasteiger partial charge in [-0.1, -0.05) is 6.07 Å². The Kier molecular flexibility index (Phi) is 3.42. The van der Waals surface area contributed by atoms with Crippen molar-refractivity contribution >= 4 is 23.6 Å². The van der Waals surface area contributed by atoms with Crippen LogP contribution in [0.2, 0.25) is 0 Å². The summed E-state index contributed by atoms with van der Waals surface area (Å²) in [7, 11) is -1.13. The highest BCUT2D eigenvalue weighted by molar-refractivity contribution is 6.63. The molecule has 0 radical (unpaired) electrons. The number of nitrogens with zero attached hydrogens (tertiary/aromatic N) is 1. The van der Waals surface area contributed by atoms with Crippen LogP contribution in [-0.2, 0) is 4.65 Å². The first-order valence-corrected chi connectivity index (χ1v) is 6.22. The number of H-pyrrole nitrogens is 1. The fraction of sp³-hybridized carbons (Fsp3) is 0.462. The maximum Gasteiger partial charge on any atom is 0.493 e. The van der Waals surface area contributed by atoms with Crippen LogP contribution < -0.4 is 5.46 Å². The topological polar surface area (TPSA) is 78.4 Å². The molecule has 0 saturated carbocycles. The van der Waals surface area contributed by atoms with Crippen LogP contribution in [0, 0.1) is 0 Å². The van der Waals surface area contributed by atoms with Crippen molar-refractivity contribution in [3.63, 3.8) is 0 Å². The summed E-state index contributed by atoms with van der Waals surface area (Å²) in [5.74, 6) is 0. The second kappa shape index (κ2) is 4.63. The molecule has 0 fully saturated rings. The fourth-order valence-corrected chi connectivity index (χ4v) is 1.67. The van der Waals surface area contributed by atoms with E-state index < -0.39 is 18.3 Å². The van der Waals surface area contributed by atoms with E-state index in [0.29, 0.717) is 11.1 Å². The molecule has 0 atom stereocenters. The summed E-state index contributed by atoms with van der Waals surface area (Å²) in [6.07, 6.45) is 3.35. The van der Waals surface area contributed by atoms with Crippen molar-refractivity contribution < 1.29 is 14.8 Å². The van der Waals surface area contributed by atoms with E-state index in [4.69, 9.17) is 4.65 Å². The molecule has 2 aromatic rings. The average Bonchev–Trinajstić information content (AvgIpc) is 2.70. The number of aromatic amines is 1. The SMILES string of the molecule is CC(C)(O)C(C)(C)OB(O)c1c[nH]c2ncccc12.